The van der Waals surface area contributed by atoms with Gasteiger partial charge in [0.05, 0.1) is 12.1 Å². The van der Waals surface area contributed by atoms with Crippen molar-refractivity contribution >= 4 is 22.5 Å². The number of aromatic nitrogens is 2. The quantitative estimate of drug-likeness (QED) is 0.712. The van der Waals surface area contributed by atoms with E-state index in [9.17, 15) is 0 Å². The van der Waals surface area contributed by atoms with E-state index in [-0.39, 0.29) is 0 Å². The summed E-state index contributed by atoms with van der Waals surface area (Å²) < 4.78 is 5.19. The lowest BCUT2D eigenvalue weighted by Crippen LogP contribution is -1.97. The number of hydrogen-bond acceptors (Lipinski definition) is 3. The molecule has 0 atom stereocenters. The summed E-state index contributed by atoms with van der Waals surface area (Å²) in [5, 5.41) is 1.27. The van der Waals surface area contributed by atoms with E-state index in [1.807, 2.05) is 31.2 Å². The highest BCUT2D eigenvalue weighted by Crippen LogP contribution is 2.21. The molecule has 1 aromatic heterocycles. The molecule has 3 nitrogen and oxygen atoms in total. The Bertz CT molecular complexity index is 459. The van der Waals surface area contributed by atoms with Gasteiger partial charge in [0.2, 0.25) is 0 Å². The molecule has 0 aliphatic heterocycles. The molecule has 14 heavy (non-hydrogen) atoms. The Balaban J connectivity index is 2.60. The first-order valence-electron chi connectivity index (χ1n) is 4.36. The smallest absolute Gasteiger partial charge is 0.318 e. The molecular formula is C10H9ClN2O. The number of para-hydroxylation sites is 1. The lowest BCUT2D eigenvalue weighted by molar-refractivity contribution is 0.314. The van der Waals surface area contributed by atoms with E-state index in [1.54, 1.807) is 0 Å². The third-order valence-electron chi connectivity index (χ3n) is 1.81. The van der Waals surface area contributed by atoms with Crippen molar-refractivity contribution in [2.75, 3.05) is 6.61 Å². The summed E-state index contributed by atoms with van der Waals surface area (Å²) in [5.41, 5.74) is 0.802. The molecule has 2 aromatic rings. The van der Waals surface area contributed by atoms with Gasteiger partial charge in [0.1, 0.15) is 5.15 Å². The minimum atomic E-state index is 0.330. The highest BCUT2D eigenvalue weighted by molar-refractivity contribution is 6.34. The van der Waals surface area contributed by atoms with E-state index in [2.05, 4.69) is 9.97 Å². The monoisotopic (exact) mass is 208 g/mol. The van der Waals surface area contributed by atoms with Crippen LogP contribution in [0.25, 0.3) is 10.9 Å². The zero-order valence-electron chi connectivity index (χ0n) is 7.70. The minimum absolute atomic E-state index is 0.330. The molecule has 72 valence electrons. The number of nitrogens with zero attached hydrogens (tertiary/aromatic N) is 2. The predicted molar refractivity (Wildman–Crippen MR) is 55.7 cm³/mol. The molecule has 0 bridgehead atoms. The van der Waals surface area contributed by atoms with Gasteiger partial charge in [0.15, 0.2) is 0 Å². The number of halogens is 1. The molecule has 0 aliphatic rings. The van der Waals surface area contributed by atoms with Gasteiger partial charge in [-0.25, -0.2) is 0 Å². The van der Waals surface area contributed by atoms with Crippen LogP contribution in [0.1, 0.15) is 6.92 Å². The van der Waals surface area contributed by atoms with Crippen LogP contribution in [0.2, 0.25) is 5.15 Å². The Morgan fingerprint density at radius 3 is 2.86 bits per heavy atom. The molecule has 0 N–H and O–H groups in total. The second-order valence-electron chi connectivity index (χ2n) is 2.75. The van der Waals surface area contributed by atoms with Crippen molar-refractivity contribution in [3.05, 3.63) is 29.4 Å². The third kappa shape index (κ3) is 1.63. The van der Waals surface area contributed by atoms with Crippen LogP contribution in [0.15, 0.2) is 24.3 Å². The SMILES string of the molecule is CCOc1nc(Cl)c2ccccc2n1. The molecule has 2 rings (SSSR count). The first-order chi connectivity index (χ1) is 6.81. The van der Waals surface area contributed by atoms with E-state index in [0.717, 1.165) is 10.9 Å². The average molecular weight is 209 g/mol. The van der Waals surface area contributed by atoms with E-state index >= 15 is 0 Å². The van der Waals surface area contributed by atoms with Crippen LogP contribution in [0.4, 0.5) is 0 Å². The standard InChI is InChI=1S/C10H9ClN2O/c1-2-14-10-12-8-6-4-3-5-7(8)9(11)13-10/h3-6H,2H2,1H3. The fourth-order valence-electron chi connectivity index (χ4n) is 1.21. The van der Waals surface area contributed by atoms with Crippen molar-refractivity contribution in [2.45, 2.75) is 6.92 Å². The topological polar surface area (TPSA) is 35.0 Å². The van der Waals surface area contributed by atoms with Crippen molar-refractivity contribution < 1.29 is 4.74 Å². The van der Waals surface area contributed by atoms with Crippen LogP contribution in [-0.2, 0) is 0 Å². The van der Waals surface area contributed by atoms with Crippen LogP contribution in [0.3, 0.4) is 0 Å². The molecule has 0 saturated heterocycles. The van der Waals surface area contributed by atoms with Crippen molar-refractivity contribution in [2.24, 2.45) is 0 Å². The number of ether oxygens (including phenoxy) is 1. The lowest BCUT2D eigenvalue weighted by atomic mass is 10.2. The van der Waals surface area contributed by atoms with Gasteiger partial charge in [-0.05, 0) is 19.1 Å². The van der Waals surface area contributed by atoms with Crippen LogP contribution in [-0.4, -0.2) is 16.6 Å². The van der Waals surface area contributed by atoms with Crippen molar-refractivity contribution in [3.8, 4) is 6.01 Å². The van der Waals surface area contributed by atoms with Crippen LogP contribution in [0.5, 0.6) is 6.01 Å². The fourth-order valence-corrected chi connectivity index (χ4v) is 1.44. The fraction of sp³-hybridized carbons (Fsp3) is 0.200. The number of rotatable bonds is 2. The molecular weight excluding hydrogens is 200 g/mol. The maximum atomic E-state index is 5.97. The predicted octanol–water partition coefficient (Wildman–Crippen LogP) is 2.68. The maximum absolute atomic E-state index is 5.97. The largest absolute Gasteiger partial charge is 0.464 e. The Labute approximate surface area is 86.7 Å². The van der Waals surface area contributed by atoms with Gasteiger partial charge in [-0.1, -0.05) is 23.7 Å². The molecule has 0 unspecified atom stereocenters. The Kier molecular flexibility index (Phi) is 2.50. The van der Waals surface area contributed by atoms with Gasteiger partial charge in [0, 0.05) is 5.39 Å². The molecule has 1 aromatic carbocycles. The second kappa shape index (κ2) is 3.80. The van der Waals surface area contributed by atoms with Gasteiger partial charge in [-0.2, -0.15) is 9.97 Å². The highest BCUT2D eigenvalue weighted by atomic mass is 35.5. The van der Waals surface area contributed by atoms with E-state index in [0.29, 0.717) is 17.8 Å². The maximum Gasteiger partial charge on any atom is 0.318 e. The van der Waals surface area contributed by atoms with Gasteiger partial charge in [-0.3, -0.25) is 0 Å². The Morgan fingerprint density at radius 2 is 2.07 bits per heavy atom. The van der Waals surface area contributed by atoms with Crippen LogP contribution in [0, 0.1) is 0 Å². The lowest BCUT2D eigenvalue weighted by Gasteiger charge is -2.03. The summed E-state index contributed by atoms with van der Waals surface area (Å²) in [6.07, 6.45) is 0. The summed E-state index contributed by atoms with van der Waals surface area (Å²) in [7, 11) is 0. The molecule has 0 spiro atoms. The Hall–Kier alpha value is -1.35. The zero-order valence-corrected chi connectivity index (χ0v) is 8.45. The molecule has 0 aliphatic carbocycles. The normalized spacial score (nSPS) is 10.4. The van der Waals surface area contributed by atoms with Gasteiger partial charge >= 0.3 is 6.01 Å². The number of fused-ring (bicyclic) bond motifs is 1. The summed E-state index contributed by atoms with van der Waals surface area (Å²) in [6, 6.07) is 7.90. The van der Waals surface area contributed by atoms with E-state index in [1.165, 1.54) is 0 Å². The summed E-state index contributed by atoms with van der Waals surface area (Å²) in [5.74, 6) is 0. The second-order valence-corrected chi connectivity index (χ2v) is 3.11. The molecule has 1 heterocycles. The van der Waals surface area contributed by atoms with Gasteiger partial charge in [-0.15, -0.1) is 0 Å². The summed E-state index contributed by atoms with van der Waals surface area (Å²) in [6.45, 7) is 2.42. The third-order valence-corrected chi connectivity index (χ3v) is 2.10. The minimum Gasteiger partial charge on any atom is -0.464 e. The van der Waals surface area contributed by atoms with Crippen molar-refractivity contribution in [1.82, 2.24) is 9.97 Å². The first-order valence-corrected chi connectivity index (χ1v) is 4.74. The van der Waals surface area contributed by atoms with E-state index < -0.39 is 0 Å². The number of benzene rings is 1. The van der Waals surface area contributed by atoms with Crippen molar-refractivity contribution in [3.63, 3.8) is 0 Å². The van der Waals surface area contributed by atoms with Gasteiger partial charge < -0.3 is 4.74 Å². The average Bonchev–Trinajstić information content (AvgIpc) is 2.18. The molecule has 0 amide bonds. The molecule has 0 radical (unpaired) electrons. The van der Waals surface area contributed by atoms with Gasteiger partial charge in [0.25, 0.3) is 0 Å². The first kappa shape index (κ1) is 9.21. The number of hydrogen-bond donors (Lipinski definition) is 0. The molecule has 0 saturated carbocycles. The molecule has 4 heteroatoms. The summed E-state index contributed by atoms with van der Waals surface area (Å²) in [4.78, 5) is 8.23. The zero-order chi connectivity index (χ0) is 9.97. The van der Waals surface area contributed by atoms with E-state index in [4.69, 9.17) is 16.3 Å². The van der Waals surface area contributed by atoms with Crippen LogP contribution < -0.4 is 4.74 Å². The van der Waals surface area contributed by atoms with Crippen molar-refractivity contribution in [1.29, 1.82) is 0 Å². The highest BCUT2D eigenvalue weighted by Gasteiger charge is 2.04. The van der Waals surface area contributed by atoms with Crippen LogP contribution >= 0.6 is 11.6 Å². The Morgan fingerprint density at radius 1 is 1.29 bits per heavy atom. The molecule has 0 fully saturated rings. The summed E-state index contributed by atoms with van der Waals surface area (Å²) >= 11 is 5.97.